The van der Waals surface area contributed by atoms with Crippen LogP contribution in [0.25, 0.3) is 10.9 Å². The van der Waals surface area contributed by atoms with Gasteiger partial charge in [0, 0.05) is 36.3 Å². The number of aromatic nitrogens is 3. The summed E-state index contributed by atoms with van der Waals surface area (Å²) in [6.07, 6.45) is 9.42. The Bertz CT molecular complexity index is 872. The summed E-state index contributed by atoms with van der Waals surface area (Å²) in [5.74, 6) is 1.59. The van der Waals surface area contributed by atoms with E-state index >= 15 is 0 Å². The van der Waals surface area contributed by atoms with Gasteiger partial charge < -0.3 is 9.72 Å². The van der Waals surface area contributed by atoms with E-state index in [1.807, 2.05) is 18.5 Å². The van der Waals surface area contributed by atoms with Crippen LogP contribution in [0.15, 0.2) is 48.8 Å². The molecule has 1 aliphatic carbocycles. The van der Waals surface area contributed by atoms with Crippen LogP contribution in [0, 0.1) is 11.3 Å². The van der Waals surface area contributed by atoms with Crippen LogP contribution in [0.3, 0.4) is 0 Å². The van der Waals surface area contributed by atoms with Gasteiger partial charge in [-0.3, -0.25) is 4.98 Å². The van der Waals surface area contributed by atoms with Crippen molar-refractivity contribution in [2.45, 2.75) is 52.1 Å². The lowest BCUT2D eigenvalue weighted by Crippen LogP contribution is -2.37. The van der Waals surface area contributed by atoms with Crippen molar-refractivity contribution < 1.29 is 4.74 Å². The third-order valence-electron chi connectivity index (χ3n) is 5.80. The van der Waals surface area contributed by atoms with Gasteiger partial charge in [-0.25, -0.2) is 4.98 Å². The predicted molar refractivity (Wildman–Crippen MR) is 109 cm³/mol. The second-order valence-corrected chi connectivity index (χ2v) is 8.56. The predicted octanol–water partition coefficient (Wildman–Crippen LogP) is 4.95. The average Bonchev–Trinajstić information content (AvgIpc) is 3.16. The Hall–Kier alpha value is -2.20. The molecule has 0 unspecified atom stereocenters. The topological polar surface area (TPSA) is 50.8 Å². The number of hydrogen-bond acceptors (Lipinski definition) is 3. The fourth-order valence-corrected chi connectivity index (χ4v) is 4.36. The number of aromatic amines is 1. The van der Waals surface area contributed by atoms with Gasteiger partial charge in [0.25, 0.3) is 0 Å². The number of nitrogens with zero attached hydrogens (tertiary/aromatic N) is 2. The lowest BCUT2D eigenvalue weighted by Gasteiger charge is -2.40. The molecule has 27 heavy (non-hydrogen) atoms. The largest absolute Gasteiger partial charge is 0.378 e. The van der Waals surface area contributed by atoms with Gasteiger partial charge in [0.05, 0.1) is 18.2 Å². The summed E-state index contributed by atoms with van der Waals surface area (Å²) in [7, 11) is 0. The van der Waals surface area contributed by atoms with Gasteiger partial charge in [0.15, 0.2) is 0 Å². The van der Waals surface area contributed by atoms with E-state index in [4.69, 9.17) is 9.72 Å². The van der Waals surface area contributed by atoms with Crippen LogP contribution in [0.4, 0.5) is 0 Å². The molecule has 2 aromatic heterocycles. The Balaban J connectivity index is 1.37. The van der Waals surface area contributed by atoms with E-state index in [2.05, 4.69) is 54.1 Å². The second-order valence-electron chi connectivity index (χ2n) is 8.56. The van der Waals surface area contributed by atoms with Crippen LogP contribution in [0.5, 0.6) is 0 Å². The van der Waals surface area contributed by atoms with E-state index in [-0.39, 0.29) is 0 Å². The highest BCUT2D eigenvalue weighted by Crippen LogP contribution is 2.41. The lowest BCUT2D eigenvalue weighted by molar-refractivity contribution is -0.0375. The summed E-state index contributed by atoms with van der Waals surface area (Å²) in [5.41, 5.74) is 2.55. The highest BCUT2D eigenvalue weighted by atomic mass is 16.5. The maximum Gasteiger partial charge on any atom is 0.106 e. The molecule has 0 saturated heterocycles. The Labute approximate surface area is 161 Å². The highest BCUT2D eigenvalue weighted by Gasteiger charge is 2.35. The van der Waals surface area contributed by atoms with Gasteiger partial charge in [-0.1, -0.05) is 38.1 Å². The summed E-state index contributed by atoms with van der Waals surface area (Å²) in [6.45, 7) is 5.47. The standard InChI is InChI=1S/C23H29N3O/c1-23(2)11-9-21(18(16-23)15-22-24-12-13-25-22)27-14-10-19-8-7-17-5-3-4-6-20(17)26-19/h3-8,12-13,18,21H,9-11,14-16H2,1-2H3,(H,24,25)/t18-,21-/m1/s1. The molecule has 0 amide bonds. The van der Waals surface area contributed by atoms with Crippen molar-refractivity contribution in [2.24, 2.45) is 11.3 Å². The van der Waals surface area contributed by atoms with Gasteiger partial charge in [0.1, 0.15) is 5.82 Å². The van der Waals surface area contributed by atoms with Crippen molar-refractivity contribution in [3.8, 4) is 0 Å². The van der Waals surface area contributed by atoms with Gasteiger partial charge in [0.2, 0.25) is 0 Å². The van der Waals surface area contributed by atoms with Crippen molar-refractivity contribution in [2.75, 3.05) is 6.61 Å². The Morgan fingerprint density at radius 1 is 1.19 bits per heavy atom. The number of imidazole rings is 1. The molecule has 4 rings (SSSR count). The molecule has 142 valence electrons. The minimum absolute atomic E-state index is 0.309. The maximum absolute atomic E-state index is 6.37. The van der Waals surface area contributed by atoms with E-state index in [0.717, 1.165) is 42.9 Å². The molecule has 1 aromatic carbocycles. The van der Waals surface area contributed by atoms with Crippen LogP contribution in [0.2, 0.25) is 0 Å². The molecule has 4 nitrogen and oxygen atoms in total. The summed E-state index contributed by atoms with van der Waals surface area (Å²) < 4.78 is 6.37. The zero-order valence-corrected chi connectivity index (χ0v) is 16.3. The van der Waals surface area contributed by atoms with Crippen LogP contribution in [-0.2, 0) is 17.6 Å². The third kappa shape index (κ3) is 4.56. The first-order valence-corrected chi connectivity index (χ1v) is 10.0. The number of ether oxygens (including phenoxy) is 1. The number of rotatable bonds is 6. The van der Waals surface area contributed by atoms with Crippen LogP contribution < -0.4 is 0 Å². The number of hydrogen-bond donors (Lipinski definition) is 1. The zero-order chi connectivity index (χ0) is 18.7. The Kier molecular flexibility index (Phi) is 5.26. The van der Waals surface area contributed by atoms with Crippen molar-refractivity contribution in [1.29, 1.82) is 0 Å². The highest BCUT2D eigenvalue weighted by molar-refractivity contribution is 5.78. The molecular formula is C23H29N3O. The van der Waals surface area contributed by atoms with Gasteiger partial charge >= 0.3 is 0 Å². The number of H-pyrrole nitrogens is 1. The molecule has 0 aliphatic heterocycles. The van der Waals surface area contributed by atoms with E-state index in [9.17, 15) is 0 Å². The number of pyridine rings is 1. The number of para-hydroxylation sites is 1. The summed E-state index contributed by atoms with van der Waals surface area (Å²) >= 11 is 0. The van der Waals surface area contributed by atoms with Crippen molar-refractivity contribution in [3.05, 3.63) is 60.3 Å². The molecule has 0 spiro atoms. The van der Waals surface area contributed by atoms with Gasteiger partial charge in [-0.05, 0) is 42.7 Å². The fourth-order valence-electron chi connectivity index (χ4n) is 4.36. The fraction of sp³-hybridized carbons (Fsp3) is 0.478. The number of benzene rings is 1. The third-order valence-corrected chi connectivity index (χ3v) is 5.80. The molecule has 4 heteroatoms. The molecule has 1 aliphatic rings. The second kappa shape index (κ2) is 7.81. The van der Waals surface area contributed by atoms with Crippen molar-refractivity contribution >= 4 is 10.9 Å². The minimum Gasteiger partial charge on any atom is -0.378 e. The molecule has 2 atom stereocenters. The smallest absolute Gasteiger partial charge is 0.106 e. The van der Waals surface area contributed by atoms with Crippen molar-refractivity contribution in [1.82, 2.24) is 15.0 Å². The summed E-state index contributed by atoms with van der Waals surface area (Å²) in [4.78, 5) is 12.4. The molecule has 1 N–H and O–H groups in total. The van der Waals surface area contributed by atoms with E-state index in [0.29, 0.717) is 17.4 Å². The van der Waals surface area contributed by atoms with E-state index < -0.39 is 0 Å². The molecule has 0 bridgehead atoms. The molecule has 3 aromatic rings. The quantitative estimate of drug-likeness (QED) is 0.674. The normalized spacial score (nSPS) is 22.1. The number of fused-ring (bicyclic) bond motifs is 1. The van der Waals surface area contributed by atoms with Crippen LogP contribution in [-0.4, -0.2) is 27.7 Å². The van der Waals surface area contributed by atoms with Crippen LogP contribution in [0.1, 0.15) is 44.6 Å². The first kappa shape index (κ1) is 18.2. The molecule has 1 saturated carbocycles. The lowest BCUT2D eigenvalue weighted by atomic mass is 9.70. The monoisotopic (exact) mass is 363 g/mol. The van der Waals surface area contributed by atoms with Gasteiger partial charge in [-0.2, -0.15) is 0 Å². The molecule has 2 heterocycles. The van der Waals surface area contributed by atoms with Crippen LogP contribution >= 0.6 is 0 Å². The SMILES string of the molecule is CC1(C)CC[C@@H](OCCc2ccc3ccccc3n2)[C@H](Cc2ncc[nH]2)C1. The van der Waals surface area contributed by atoms with Crippen molar-refractivity contribution in [3.63, 3.8) is 0 Å². The maximum atomic E-state index is 6.37. The molecule has 0 radical (unpaired) electrons. The number of nitrogens with one attached hydrogen (secondary N) is 1. The first-order valence-electron chi connectivity index (χ1n) is 10.0. The van der Waals surface area contributed by atoms with Gasteiger partial charge in [-0.15, -0.1) is 0 Å². The molecule has 1 fully saturated rings. The summed E-state index contributed by atoms with van der Waals surface area (Å²) in [6, 6.07) is 12.5. The first-order chi connectivity index (χ1) is 13.1. The average molecular weight is 364 g/mol. The Morgan fingerprint density at radius 2 is 2.07 bits per heavy atom. The zero-order valence-electron chi connectivity index (χ0n) is 16.3. The van der Waals surface area contributed by atoms with E-state index in [1.54, 1.807) is 0 Å². The Morgan fingerprint density at radius 3 is 2.93 bits per heavy atom. The van der Waals surface area contributed by atoms with E-state index in [1.165, 1.54) is 18.2 Å². The summed E-state index contributed by atoms with van der Waals surface area (Å²) in [5, 5.41) is 1.19. The molecular weight excluding hydrogens is 334 g/mol. The minimum atomic E-state index is 0.309.